The van der Waals surface area contributed by atoms with E-state index >= 15 is 0 Å². The molecule has 1 aliphatic heterocycles. The topological polar surface area (TPSA) is 45.6 Å². The fraction of sp³-hybridized carbons (Fsp3) is 0.320. The first-order chi connectivity index (χ1) is 14.2. The van der Waals surface area contributed by atoms with E-state index in [1.165, 1.54) is 24.1 Å². The van der Waals surface area contributed by atoms with Gasteiger partial charge in [0.25, 0.3) is 0 Å². The molecule has 1 N–H and O–H groups in total. The lowest BCUT2D eigenvalue weighted by molar-refractivity contribution is 0.198. The van der Waals surface area contributed by atoms with Gasteiger partial charge in [-0.15, -0.1) is 0 Å². The number of aromatic nitrogens is 1. The molecule has 0 bridgehead atoms. The predicted molar refractivity (Wildman–Crippen MR) is 116 cm³/mol. The van der Waals surface area contributed by atoms with Crippen LogP contribution in [0.15, 0.2) is 66.7 Å². The van der Waals surface area contributed by atoms with Gasteiger partial charge in [0.2, 0.25) is 0 Å². The predicted octanol–water partition coefficient (Wildman–Crippen LogP) is 4.63. The zero-order valence-electron chi connectivity index (χ0n) is 16.9. The minimum atomic E-state index is 0.0693. The summed E-state index contributed by atoms with van der Waals surface area (Å²) in [7, 11) is 1.70. The van der Waals surface area contributed by atoms with Gasteiger partial charge in [-0.1, -0.05) is 42.5 Å². The maximum absolute atomic E-state index is 9.24. The van der Waals surface area contributed by atoms with E-state index in [2.05, 4.69) is 35.2 Å². The van der Waals surface area contributed by atoms with Gasteiger partial charge in [0.05, 0.1) is 19.4 Å². The van der Waals surface area contributed by atoms with Crippen LogP contribution in [-0.2, 0) is 13.2 Å². The van der Waals surface area contributed by atoms with Crippen LogP contribution < -0.4 is 4.74 Å². The molecule has 4 nitrogen and oxygen atoms in total. The van der Waals surface area contributed by atoms with Crippen LogP contribution in [0.3, 0.4) is 0 Å². The van der Waals surface area contributed by atoms with Crippen LogP contribution in [0.4, 0.5) is 0 Å². The van der Waals surface area contributed by atoms with Crippen molar-refractivity contribution in [3.63, 3.8) is 0 Å². The van der Waals surface area contributed by atoms with Gasteiger partial charge >= 0.3 is 0 Å². The molecule has 2 heterocycles. The molecule has 2 aromatic carbocycles. The van der Waals surface area contributed by atoms with E-state index in [9.17, 15) is 5.11 Å². The number of aliphatic hydroxyl groups is 1. The summed E-state index contributed by atoms with van der Waals surface area (Å²) in [6.45, 7) is 3.19. The number of pyridine rings is 1. The molecule has 1 aliphatic rings. The summed E-state index contributed by atoms with van der Waals surface area (Å²) < 4.78 is 5.26. The molecule has 0 radical (unpaired) electrons. The molecule has 1 atom stereocenters. The van der Waals surface area contributed by atoms with Crippen LogP contribution in [-0.4, -0.2) is 35.2 Å². The summed E-state index contributed by atoms with van der Waals surface area (Å²) in [5.74, 6) is 1.36. The van der Waals surface area contributed by atoms with E-state index in [1.807, 2.05) is 36.4 Å². The summed E-state index contributed by atoms with van der Waals surface area (Å²) in [6.07, 6.45) is 2.37. The average Bonchev–Trinajstić information content (AvgIpc) is 2.80. The Hall–Kier alpha value is -2.69. The lowest BCUT2D eigenvalue weighted by Gasteiger charge is -2.32. The highest BCUT2D eigenvalue weighted by molar-refractivity contribution is 5.59. The number of rotatable bonds is 6. The van der Waals surface area contributed by atoms with Crippen molar-refractivity contribution in [3.05, 3.63) is 83.6 Å². The van der Waals surface area contributed by atoms with Crippen LogP contribution in [0.5, 0.6) is 5.75 Å². The van der Waals surface area contributed by atoms with Gasteiger partial charge < -0.3 is 9.84 Å². The van der Waals surface area contributed by atoms with Crippen LogP contribution in [0.1, 0.15) is 35.6 Å². The zero-order valence-corrected chi connectivity index (χ0v) is 16.9. The van der Waals surface area contributed by atoms with Crippen molar-refractivity contribution in [2.75, 3.05) is 20.2 Å². The fourth-order valence-electron chi connectivity index (χ4n) is 4.05. The molecular weight excluding hydrogens is 360 g/mol. The lowest BCUT2D eigenvalue weighted by Crippen LogP contribution is -2.34. The Kier molecular flexibility index (Phi) is 6.23. The number of piperidine rings is 1. The lowest BCUT2D eigenvalue weighted by atomic mass is 9.93. The van der Waals surface area contributed by atoms with Gasteiger partial charge in [-0.2, -0.15) is 0 Å². The van der Waals surface area contributed by atoms with Gasteiger partial charge in [-0.3, -0.25) is 9.88 Å². The summed E-state index contributed by atoms with van der Waals surface area (Å²) in [5, 5.41) is 9.24. The summed E-state index contributed by atoms with van der Waals surface area (Å²) in [4.78, 5) is 7.51. The van der Waals surface area contributed by atoms with Crippen molar-refractivity contribution in [3.8, 4) is 17.0 Å². The third kappa shape index (κ3) is 4.84. The highest BCUT2D eigenvalue weighted by Gasteiger charge is 2.22. The Morgan fingerprint density at radius 2 is 1.76 bits per heavy atom. The number of hydrogen-bond donors (Lipinski definition) is 1. The van der Waals surface area contributed by atoms with E-state index in [4.69, 9.17) is 9.72 Å². The van der Waals surface area contributed by atoms with E-state index in [-0.39, 0.29) is 6.61 Å². The Morgan fingerprint density at radius 1 is 1.00 bits per heavy atom. The van der Waals surface area contributed by atoms with E-state index in [0.29, 0.717) is 5.92 Å². The quantitative estimate of drug-likeness (QED) is 0.669. The molecule has 1 saturated heterocycles. The van der Waals surface area contributed by atoms with E-state index < -0.39 is 0 Å². The maximum Gasteiger partial charge on any atom is 0.118 e. The van der Waals surface area contributed by atoms with Crippen molar-refractivity contribution in [2.45, 2.75) is 31.9 Å². The van der Waals surface area contributed by atoms with Crippen molar-refractivity contribution in [1.29, 1.82) is 0 Å². The molecule has 29 heavy (non-hydrogen) atoms. The van der Waals surface area contributed by atoms with Crippen LogP contribution >= 0.6 is 0 Å². The average molecular weight is 389 g/mol. The summed E-state index contributed by atoms with van der Waals surface area (Å²) >= 11 is 0. The standard InChI is InChI=1S/C25H28N2O2/c1-29-23-13-9-19(10-14-23)16-27-15-3-4-22(17-27)25-6-2-5-24(26-25)21-11-7-20(18-28)8-12-21/h2,5-14,22,28H,3-4,15-18H2,1H3/t22-/m1/s1. The first kappa shape index (κ1) is 19.6. The normalized spacial score (nSPS) is 17.2. The minimum Gasteiger partial charge on any atom is -0.497 e. The van der Waals surface area contributed by atoms with Gasteiger partial charge in [0.15, 0.2) is 0 Å². The minimum absolute atomic E-state index is 0.0693. The van der Waals surface area contributed by atoms with Crippen molar-refractivity contribution in [2.24, 2.45) is 0 Å². The first-order valence-corrected chi connectivity index (χ1v) is 10.3. The second kappa shape index (κ2) is 9.21. The molecule has 4 heteroatoms. The second-order valence-electron chi connectivity index (χ2n) is 7.73. The number of ether oxygens (including phenoxy) is 1. The number of hydrogen-bond acceptors (Lipinski definition) is 4. The molecule has 150 valence electrons. The van der Waals surface area contributed by atoms with Gasteiger partial charge in [0.1, 0.15) is 5.75 Å². The number of aliphatic hydroxyl groups excluding tert-OH is 1. The molecule has 0 unspecified atom stereocenters. The largest absolute Gasteiger partial charge is 0.497 e. The number of benzene rings is 2. The third-order valence-corrected chi connectivity index (χ3v) is 5.69. The van der Waals surface area contributed by atoms with Crippen LogP contribution in [0.2, 0.25) is 0 Å². The summed E-state index contributed by atoms with van der Waals surface area (Å²) in [6, 6.07) is 22.7. The number of nitrogens with zero attached hydrogens (tertiary/aromatic N) is 2. The van der Waals surface area contributed by atoms with Crippen molar-refractivity contribution < 1.29 is 9.84 Å². The molecular formula is C25H28N2O2. The van der Waals surface area contributed by atoms with E-state index in [0.717, 1.165) is 42.2 Å². The van der Waals surface area contributed by atoms with Crippen molar-refractivity contribution >= 4 is 0 Å². The van der Waals surface area contributed by atoms with Gasteiger partial charge in [0, 0.05) is 30.3 Å². The van der Waals surface area contributed by atoms with Crippen LogP contribution in [0.25, 0.3) is 11.3 Å². The fourth-order valence-corrected chi connectivity index (χ4v) is 4.05. The molecule has 0 saturated carbocycles. The SMILES string of the molecule is COc1ccc(CN2CCC[C@@H](c3cccc(-c4ccc(CO)cc4)n3)C2)cc1. The number of methoxy groups -OCH3 is 1. The molecule has 0 aliphatic carbocycles. The van der Waals surface area contributed by atoms with Gasteiger partial charge in [-0.25, -0.2) is 0 Å². The van der Waals surface area contributed by atoms with E-state index in [1.54, 1.807) is 7.11 Å². The third-order valence-electron chi connectivity index (χ3n) is 5.69. The molecule has 4 rings (SSSR count). The van der Waals surface area contributed by atoms with Gasteiger partial charge in [-0.05, 0) is 54.8 Å². The Morgan fingerprint density at radius 3 is 2.48 bits per heavy atom. The molecule has 1 fully saturated rings. The Labute approximate surface area is 172 Å². The zero-order chi connectivity index (χ0) is 20.1. The Bertz CT molecular complexity index is 922. The smallest absolute Gasteiger partial charge is 0.118 e. The number of likely N-dealkylation sites (tertiary alicyclic amines) is 1. The molecule has 3 aromatic rings. The highest BCUT2D eigenvalue weighted by atomic mass is 16.5. The second-order valence-corrected chi connectivity index (χ2v) is 7.73. The summed E-state index contributed by atoms with van der Waals surface area (Å²) in [5.41, 5.74) is 5.51. The monoisotopic (exact) mass is 388 g/mol. The van der Waals surface area contributed by atoms with Crippen molar-refractivity contribution in [1.82, 2.24) is 9.88 Å². The first-order valence-electron chi connectivity index (χ1n) is 10.3. The highest BCUT2D eigenvalue weighted by Crippen LogP contribution is 2.28. The molecule has 0 spiro atoms. The van der Waals surface area contributed by atoms with Crippen LogP contribution in [0, 0.1) is 0 Å². The molecule has 1 aromatic heterocycles. The molecule has 0 amide bonds. The maximum atomic E-state index is 9.24. The Balaban J connectivity index is 1.46.